The third-order valence-corrected chi connectivity index (χ3v) is 2.66. The van der Waals surface area contributed by atoms with Crippen molar-refractivity contribution < 1.29 is 4.79 Å². The molecule has 82 valence electrons. The molecule has 0 aliphatic rings. The number of anilines is 1. The molecule has 1 rings (SSSR count). The van der Waals surface area contributed by atoms with Gasteiger partial charge in [0.05, 0.1) is 6.04 Å². The molecule has 0 saturated heterocycles. The summed E-state index contributed by atoms with van der Waals surface area (Å²) < 4.78 is 0. The van der Waals surface area contributed by atoms with E-state index in [0.717, 1.165) is 16.8 Å². The summed E-state index contributed by atoms with van der Waals surface area (Å²) in [6.45, 7) is 3.91. The van der Waals surface area contributed by atoms with Crippen molar-refractivity contribution in [3.05, 3.63) is 29.3 Å². The molecule has 3 N–H and O–H groups in total. The number of thiol groups is 1. The molecular weight excluding hydrogens is 208 g/mol. The molecule has 1 atom stereocenters. The number of nitrogens with two attached hydrogens (primary N) is 1. The van der Waals surface area contributed by atoms with Crippen LogP contribution in [0.4, 0.5) is 5.69 Å². The smallest absolute Gasteiger partial charge is 0.242 e. The van der Waals surface area contributed by atoms with Gasteiger partial charge in [0.1, 0.15) is 0 Å². The largest absolute Gasteiger partial charge is 0.324 e. The Labute approximate surface area is 95.5 Å². The van der Waals surface area contributed by atoms with Crippen molar-refractivity contribution in [1.29, 1.82) is 0 Å². The summed E-state index contributed by atoms with van der Waals surface area (Å²) in [5.74, 6) is 0.152. The van der Waals surface area contributed by atoms with Crippen molar-refractivity contribution >= 4 is 24.2 Å². The van der Waals surface area contributed by atoms with Gasteiger partial charge in [-0.1, -0.05) is 18.2 Å². The van der Waals surface area contributed by atoms with E-state index in [9.17, 15) is 4.79 Å². The molecule has 0 saturated carbocycles. The van der Waals surface area contributed by atoms with Gasteiger partial charge in [-0.15, -0.1) is 0 Å². The molecule has 0 fully saturated rings. The lowest BCUT2D eigenvalue weighted by molar-refractivity contribution is -0.116. The topological polar surface area (TPSA) is 55.1 Å². The Morgan fingerprint density at radius 1 is 1.47 bits per heavy atom. The van der Waals surface area contributed by atoms with E-state index >= 15 is 0 Å². The summed E-state index contributed by atoms with van der Waals surface area (Å²) in [4.78, 5) is 11.6. The Hall–Kier alpha value is -1.000. The minimum absolute atomic E-state index is 0.192. The molecule has 0 bridgehead atoms. The van der Waals surface area contributed by atoms with E-state index in [2.05, 4.69) is 17.9 Å². The van der Waals surface area contributed by atoms with Crippen molar-refractivity contribution in [2.75, 3.05) is 11.1 Å². The van der Waals surface area contributed by atoms with Crippen molar-refractivity contribution in [2.45, 2.75) is 19.9 Å². The molecule has 0 spiro atoms. The van der Waals surface area contributed by atoms with Crippen LogP contribution in [0.5, 0.6) is 0 Å². The van der Waals surface area contributed by atoms with E-state index in [0.29, 0.717) is 5.75 Å². The molecule has 1 unspecified atom stereocenters. The molecule has 0 aliphatic carbocycles. The number of rotatable bonds is 3. The standard InChI is InChI=1S/C11H16N2OS/c1-7-4-3-5-8(2)10(7)13-11(14)9(12)6-15/h3-5,9,15H,6,12H2,1-2H3,(H,13,14). The highest BCUT2D eigenvalue weighted by atomic mass is 32.1. The van der Waals surface area contributed by atoms with E-state index in [4.69, 9.17) is 5.73 Å². The summed E-state index contributed by atoms with van der Waals surface area (Å²) in [7, 11) is 0. The van der Waals surface area contributed by atoms with E-state index in [1.165, 1.54) is 0 Å². The Balaban J connectivity index is 2.85. The van der Waals surface area contributed by atoms with E-state index in [-0.39, 0.29) is 5.91 Å². The average molecular weight is 224 g/mol. The first-order chi connectivity index (χ1) is 7.06. The van der Waals surface area contributed by atoms with Gasteiger partial charge in [0.25, 0.3) is 0 Å². The minimum Gasteiger partial charge on any atom is -0.324 e. The first kappa shape index (κ1) is 12.1. The zero-order valence-electron chi connectivity index (χ0n) is 8.95. The maximum atomic E-state index is 11.6. The SMILES string of the molecule is Cc1cccc(C)c1NC(=O)C(N)CS. The first-order valence-electron chi connectivity index (χ1n) is 4.79. The van der Waals surface area contributed by atoms with Gasteiger partial charge in [-0.25, -0.2) is 0 Å². The van der Waals surface area contributed by atoms with Gasteiger partial charge in [0.15, 0.2) is 0 Å². The number of carbonyl (C=O) groups is 1. The van der Waals surface area contributed by atoms with E-state index < -0.39 is 6.04 Å². The van der Waals surface area contributed by atoms with Crippen LogP contribution in [0.1, 0.15) is 11.1 Å². The second-order valence-electron chi connectivity index (χ2n) is 3.55. The quantitative estimate of drug-likeness (QED) is 0.681. The predicted octanol–water partition coefficient (Wildman–Crippen LogP) is 1.50. The number of nitrogens with one attached hydrogen (secondary N) is 1. The number of hydrogen-bond donors (Lipinski definition) is 3. The first-order valence-corrected chi connectivity index (χ1v) is 5.43. The fraction of sp³-hybridized carbons (Fsp3) is 0.364. The van der Waals surface area contributed by atoms with Crippen LogP contribution in [0.15, 0.2) is 18.2 Å². The fourth-order valence-electron chi connectivity index (χ4n) is 1.31. The molecule has 0 radical (unpaired) electrons. The van der Waals surface area contributed by atoms with Gasteiger partial charge in [-0.3, -0.25) is 4.79 Å². The second kappa shape index (κ2) is 5.19. The highest BCUT2D eigenvalue weighted by molar-refractivity contribution is 7.80. The van der Waals surface area contributed by atoms with Gasteiger partial charge in [0, 0.05) is 11.4 Å². The number of aryl methyl sites for hydroxylation is 2. The molecular formula is C11H16N2OS. The normalized spacial score (nSPS) is 12.3. The summed E-state index contributed by atoms with van der Waals surface area (Å²) in [6, 6.07) is 5.30. The lowest BCUT2D eigenvalue weighted by atomic mass is 10.1. The molecule has 1 aromatic rings. The van der Waals surface area contributed by atoms with Crippen LogP contribution in [0, 0.1) is 13.8 Å². The summed E-state index contributed by atoms with van der Waals surface area (Å²) >= 11 is 3.99. The van der Waals surface area contributed by atoms with E-state index in [1.54, 1.807) is 0 Å². The van der Waals surface area contributed by atoms with Crippen LogP contribution in [0.25, 0.3) is 0 Å². The Bertz CT molecular complexity index is 345. The zero-order chi connectivity index (χ0) is 11.4. The Morgan fingerprint density at radius 3 is 2.47 bits per heavy atom. The predicted molar refractivity (Wildman–Crippen MR) is 66.4 cm³/mol. The van der Waals surface area contributed by atoms with Gasteiger partial charge >= 0.3 is 0 Å². The van der Waals surface area contributed by atoms with Crippen molar-refractivity contribution in [3.63, 3.8) is 0 Å². The lowest BCUT2D eigenvalue weighted by Crippen LogP contribution is -2.37. The van der Waals surface area contributed by atoms with E-state index in [1.807, 2.05) is 32.0 Å². The summed E-state index contributed by atoms with van der Waals surface area (Å²) in [5.41, 5.74) is 8.50. The monoisotopic (exact) mass is 224 g/mol. The zero-order valence-corrected chi connectivity index (χ0v) is 9.84. The molecule has 4 heteroatoms. The Kier molecular flexibility index (Phi) is 4.17. The van der Waals surface area contributed by atoms with Crippen LogP contribution in [0.3, 0.4) is 0 Å². The third kappa shape index (κ3) is 2.97. The number of carbonyl (C=O) groups excluding carboxylic acids is 1. The molecule has 1 aromatic carbocycles. The summed E-state index contributed by atoms with van der Waals surface area (Å²) in [5, 5.41) is 2.82. The maximum absolute atomic E-state index is 11.6. The van der Waals surface area contributed by atoms with Crippen LogP contribution in [0.2, 0.25) is 0 Å². The second-order valence-corrected chi connectivity index (χ2v) is 3.91. The Morgan fingerprint density at radius 2 is 2.00 bits per heavy atom. The summed E-state index contributed by atoms with van der Waals surface area (Å²) in [6.07, 6.45) is 0. The highest BCUT2D eigenvalue weighted by Gasteiger charge is 2.13. The molecule has 0 aliphatic heterocycles. The molecule has 15 heavy (non-hydrogen) atoms. The van der Waals surface area contributed by atoms with Crippen LogP contribution in [-0.2, 0) is 4.79 Å². The number of amides is 1. The van der Waals surface area contributed by atoms with Crippen LogP contribution >= 0.6 is 12.6 Å². The molecule has 3 nitrogen and oxygen atoms in total. The molecule has 0 aromatic heterocycles. The number of hydrogen-bond acceptors (Lipinski definition) is 3. The maximum Gasteiger partial charge on any atom is 0.242 e. The fourth-order valence-corrected chi connectivity index (χ4v) is 1.48. The van der Waals surface area contributed by atoms with Gasteiger partial charge in [0.2, 0.25) is 5.91 Å². The number of benzene rings is 1. The van der Waals surface area contributed by atoms with Crippen LogP contribution in [-0.4, -0.2) is 17.7 Å². The van der Waals surface area contributed by atoms with Gasteiger partial charge < -0.3 is 11.1 Å². The molecule has 0 heterocycles. The third-order valence-electron chi connectivity index (χ3n) is 2.26. The van der Waals surface area contributed by atoms with Crippen molar-refractivity contribution in [1.82, 2.24) is 0 Å². The van der Waals surface area contributed by atoms with Crippen LogP contribution < -0.4 is 11.1 Å². The number of para-hydroxylation sites is 1. The van der Waals surface area contributed by atoms with Crippen molar-refractivity contribution in [2.24, 2.45) is 5.73 Å². The lowest BCUT2D eigenvalue weighted by Gasteiger charge is -2.13. The minimum atomic E-state index is -0.563. The molecule has 1 amide bonds. The van der Waals surface area contributed by atoms with Gasteiger partial charge in [-0.05, 0) is 25.0 Å². The average Bonchev–Trinajstić information content (AvgIpc) is 2.22. The highest BCUT2D eigenvalue weighted by Crippen LogP contribution is 2.19. The van der Waals surface area contributed by atoms with Gasteiger partial charge in [-0.2, -0.15) is 12.6 Å². The van der Waals surface area contributed by atoms with Crippen molar-refractivity contribution in [3.8, 4) is 0 Å².